The maximum Gasteiger partial charge on any atom is 0.241 e. The third-order valence-corrected chi connectivity index (χ3v) is 5.36. The minimum Gasteiger partial charge on any atom is -0.207 e. The Bertz CT molecular complexity index is 870. The highest BCUT2D eigenvalue weighted by atomic mass is 35.5. The van der Waals surface area contributed by atoms with E-state index in [0.29, 0.717) is 15.5 Å². The Kier molecular flexibility index (Phi) is 5.48. The Labute approximate surface area is 142 Å². The Morgan fingerprint density at radius 2 is 1.70 bits per heavy atom. The molecule has 0 spiro atoms. The van der Waals surface area contributed by atoms with Crippen LogP contribution in [0.3, 0.4) is 0 Å². The van der Waals surface area contributed by atoms with Crippen molar-refractivity contribution in [3.05, 3.63) is 63.7 Å². The van der Waals surface area contributed by atoms with Gasteiger partial charge in [0.05, 0.1) is 16.5 Å². The van der Waals surface area contributed by atoms with E-state index in [1.807, 2.05) is 31.2 Å². The molecule has 0 radical (unpaired) electrons. The SMILES string of the molecule is Cc1cc(C)c(S(=O)(=O)NCC#Cc2ccccc2Cl)c(C)c1. The maximum atomic E-state index is 12.5. The highest BCUT2D eigenvalue weighted by Crippen LogP contribution is 2.21. The molecule has 0 aliphatic rings. The first kappa shape index (κ1) is 17.6. The summed E-state index contributed by atoms with van der Waals surface area (Å²) in [4.78, 5) is 0.322. The molecule has 0 atom stereocenters. The lowest BCUT2D eigenvalue weighted by molar-refractivity contribution is 0.585. The van der Waals surface area contributed by atoms with E-state index in [2.05, 4.69) is 16.6 Å². The predicted octanol–water partition coefficient (Wildman–Crippen LogP) is 3.60. The van der Waals surface area contributed by atoms with Crippen molar-refractivity contribution in [2.45, 2.75) is 25.7 Å². The minimum atomic E-state index is -3.59. The van der Waals surface area contributed by atoms with Gasteiger partial charge in [0.15, 0.2) is 0 Å². The van der Waals surface area contributed by atoms with Gasteiger partial charge in [0.1, 0.15) is 0 Å². The van der Waals surface area contributed by atoms with E-state index in [-0.39, 0.29) is 6.54 Å². The molecule has 0 aromatic heterocycles. The van der Waals surface area contributed by atoms with Gasteiger partial charge in [-0.2, -0.15) is 4.72 Å². The smallest absolute Gasteiger partial charge is 0.207 e. The molecule has 2 rings (SSSR count). The van der Waals surface area contributed by atoms with Crippen LogP contribution in [0.1, 0.15) is 22.3 Å². The van der Waals surface area contributed by atoms with Crippen molar-refractivity contribution in [1.82, 2.24) is 4.72 Å². The van der Waals surface area contributed by atoms with Crippen LogP contribution >= 0.6 is 11.6 Å². The first-order chi connectivity index (χ1) is 10.8. The molecule has 0 unspecified atom stereocenters. The van der Waals surface area contributed by atoms with Crippen LogP contribution in [0, 0.1) is 32.6 Å². The van der Waals surface area contributed by atoms with Gasteiger partial charge in [0.25, 0.3) is 0 Å². The van der Waals surface area contributed by atoms with Crippen molar-refractivity contribution in [1.29, 1.82) is 0 Å². The Hall–Kier alpha value is -1.80. The first-order valence-corrected chi connectivity index (χ1v) is 8.98. The molecule has 0 bridgehead atoms. The minimum absolute atomic E-state index is 0.0281. The van der Waals surface area contributed by atoms with Crippen LogP contribution in [0.15, 0.2) is 41.3 Å². The van der Waals surface area contributed by atoms with Gasteiger partial charge in [0.2, 0.25) is 10.0 Å². The normalized spacial score (nSPS) is 11.0. The Morgan fingerprint density at radius 1 is 1.09 bits per heavy atom. The van der Waals surface area contributed by atoms with Gasteiger partial charge in [-0.3, -0.25) is 0 Å². The van der Waals surface area contributed by atoms with E-state index in [9.17, 15) is 8.42 Å². The summed E-state index contributed by atoms with van der Waals surface area (Å²) < 4.78 is 27.4. The number of aryl methyl sites for hydroxylation is 3. The molecule has 1 N–H and O–H groups in total. The highest BCUT2D eigenvalue weighted by Gasteiger charge is 2.18. The van der Waals surface area contributed by atoms with Gasteiger partial charge in [-0.1, -0.05) is 53.3 Å². The van der Waals surface area contributed by atoms with Gasteiger partial charge in [-0.15, -0.1) is 0 Å². The lowest BCUT2D eigenvalue weighted by atomic mass is 10.1. The van der Waals surface area contributed by atoms with E-state index < -0.39 is 10.0 Å². The van der Waals surface area contributed by atoms with Crippen molar-refractivity contribution < 1.29 is 8.42 Å². The van der Waals surface area contributed by atoms with Crippen molar-refractivity contribution in [2.24, 2.45) is 0 Å². The summed E-state index contributed by atoms with van der Waals surface area (Å²) in [5.74, 6) is 5.66. The zero-order valence-corrected chi connectivity index (χ0v) is 14.8. The molecule has 3 nitrogen and oxygen atoms in total. The molecule has 0 aliphatic carbocycles. The second kappa shape index (κ2) is 7.18. The summed E-state index contributed by atoms with van der Waals surface area (Å²) in [6.45, 7) is 5.56. The average Bonchev–Trinajstić information content (AvgIpc) is 2.43. The lowest BCUT2D eigenvalue weighted by Gasteiger charge is -2.11. The lowest BCUT2D eigenvalue weighted by Crippen LogP contribution is -2.25. The van der Waals surface area contributed by atoms with Crippen LogP contribution in [0.25, 0.3) is 0 Å². The molecule has 2 aromatic rings. The Balaban J connectivity index is 2.17. The van der Waals surface area contributed by atoms with Crippen LogP contribution < -0.4 is 4.72 Å². The molecular weight excluding hydrogens is 330 g/mol. The van der Waals surface area contributed by atoms with Crippen molar-refractivity contribution in [2.75, 3.05) is 6.54 Å². The second-order valence-electron chi connectivity index (χ2n) is 5.33. The number of halogens is 1. The third kappa shape index (κ3) is 4.35. The molecule has 120 valence electrons. The number of sulfonamides is 1. The summed E-state index contributed by atoms with van der Waals surface area (Å²) >= 11 is 6.00. The van der Waals surface area contributed by atoms with Crippen molar-refractivity contribution in [3.63, 3.8) is 0 Å². The summed E-state index contributed by atoms with van der Waals surface area (Å²) in [5.41, 5.74) is 3.18. The zero-order chi connectivity index (χ0) is 17.0. The predicted molar refractivity (Wildman–Crippen MR) is 94.2 cm³/mol. The van der Waals surface area contributed by atoms with E-state index in [1.54, 1.807) is 26.0 Å². The molecule has 23 heavy (non-hydrogen) atoms. The zero-order valence-electron chi connectivity index (χ0n) is 13.3. The summed E-state index contributed by atoms with van der Waals surface area (Å²) in [6, 6.07) is 10.9. The van der Waals surface area contributed by atoms with E-state index in [1.165, 1.54) is 0 Å². The first-order valence-electron chi connectivity index (χ1n) is 7.12. The monoisotopic (exact) mass is 347 g/mol. The quantitative estimate of drug-likeness (QED) is 0.862. The van der Waals surface area contributed by atoms with Crippen LogP contribution in [0.5, 0.6) is 0 Å². The number of rotatable bonds is 3. The summed E-state index contributed by atoms with van der Waals surface area (Å²) in [7, 11) is -3.59. The van der Waals surface area contributed by atoms with Crippen molar-refractivity contribution >= 4 is 21.6 Å². The summed E-state index contributed by atoms with van der Waals surface area (Å²) in [6.07, 6.45) is 0. The number of nitrogens with one attached hydrogen (secondary N) is 1. The molecule has 5 heteroatoms. The van der Waals surface area contributed by atoms with E-state index in [4.69, 9.17) is 11.6 Å². The van der Waals surface area contributed by atoms with Gasteiger partial charge in [-0.05, 0) is 44.0 Å². The fourth-order valence-electron chi connectivity index (χ4n) is 2.50. The molecule has 0 heterocycles. The average molecular weight is 348 g/mol. The fraction of sp³-hybridized carbons (Fsp3) is 0.222. The fourth-order valence-corrected chi connectivity index (χ4v) is 4.05. The number of hydrogen-bond donors (Lipinski definition) is 1. The summed E-state index contributed by atoms with van der Waals surface area (Å²) in [5, 5.41) is 0.549. The Morgan fingerprint density at radius 3 is 2.30 bits per heavy atom. The molecular formula is C18H18ClNO2S. The number of benzene rings is 2. The molecule has 0 fully saturated rings. The van der Waals surface area contributed by atoms with Gasteiger partial charge >= 0.3 is 0 Å². The van der Waals surface area contributed by atoms with Crippen LogP contribution in [0.4, 0.5) is 0 Å². The maximum absolute atomic E-state index is 12.5. The molecule has 0 amide bonds. The molecule has 0 saturated carbocycles. The van der Waals surface area contributed by atoms with E-state index in [0.717, 1.165) is 16.7 Å². The third-order valence-electron chi connectivity index (χ3n) is 3.32. The molecule has 0 aliphatic heterocycles. The van der Waals surface area contributed by atoms with Crippen LogP contribution in [-0.4, -0.2) is 15.0 Å². The largest absolute Gasteiger partial charge is 0.241 e. The highest BCUT2D eigenvalue weighted by molar-refractivity contribution is 7.89. The second-order valence-corrected chi connectivity index (χ2v) is 7.45. The molecule has 0 saturated heterocycles. The van der Waals surface area contributed by atoms with Crippen molar-refractivity contribution in [3.8, 4) is 11.8 Å². The van der Waals surface area contributed by atoms with Gasteiger partial charge in [0, 0.05) is 5.56 Å². The standard InChI is InChI=1S/C18H18ClNO2S/c1-13-11-14(2)18(15(3)12-13)23(21,22)20-10-6-8-16-7-4-5-9-17(16)19/h4-5,7,9,11-12,20H,10H2,1-3H3. The van der Waals surface area contributed by atoms with Gasteiger partial charge in [-0.25, -0.2) is 8.42 Å². The van der Waals surface area contributed by atoms with Gasteiger partial charge < -0.3 is 0 Å². The van der Waals surface area contributed by atoms with Crippen LogP contribution in [-0.2, 0) is 10.0 Å². The van der Waals surface area contributed by atoms with E-state index >= 15 is 0 Å². The molecule has 2 aromatic carbocycles. The number of hydrogen-bond acceptors (Lipinski definition) is 2. The van der Waals surface area contributed by atoms with Crippen LogP contribution in [0.2, 0.25) is 5.02 Å². The topological polar surface area (TPSA) is 46.2 Å².